The Labute approximate surface area is 302 Å². The number of carbonyl (C=O) groups excluding carboxylic acids is 2. The summed E-state index contributed by atoms with van der Waals surface area (Å²) < 4.78 is 26.7. The summed E-state index contributed by atoms with van der Waals surface area (Å²) in [5, 5.41) is 21.7. The summed E-state index contributed by atoms with van der Waals surface area (Å²) in [6, 6.07) is -1.55. The number of carboxylic acids is 1. The number of aliphatic hydroxyl groups is 1. The molecule has 0 aromatic heterocycles. The summed E-state index contributed by atoms with van der Waals surface area (Å²) in [5.74, 6) is -2.40. The van der Waals surface area contributed by atoms with E-state index < -0.39 is 57.6 Å². The number of esters is 1. The van der Waals surface area contributed by atoms with Crippen molar-refractivity contribution in [2.45, 2.75) is 180 Å². The number of aliphatic hydroxyl groups excluding tert-OH is 1. The topological polar surface area (TPSA) is 169 Å². The first kappa shape index (κ1) is 48.0. The van der Waals surface area contributed by atoms with E-state index in [9.17, 15) is 34.1 Å². The van der Waals surface area contributed by atoms with Crippen molar-refractivity contribution in [2.75, 3.05) is 19.8 Å². The van der Waals surface area contributed by atoms with E-state index in [1.165, 1.54) is 51.4 Å². The summed E-state index contributed by atoms with van der Waals surface area (Å²) >= 11 is 0. The van der Waals surface area contributed by atoms with Gasteiger partial charge in [0.05, 0.1) is 13.2 Å². The van der Waals surface area contributed by atoms with Gasteiger partial charge in [0, 0.05) is 12.8 Å². The highest BCUT2D eigenvalue weighted by molar-refractivity contribution is 7.47. The van der Waals surface area contributed by atoms with E-state index >= 15 is 0 Å². The highest BCUT2D eigenvalue weighted by Gasteiger charge is 2.28. The van der Waals surface area contributed by atoms with Gasteiger partial charge >= 0.3 is 19.8 Å². The van der Waals surface area contributed by atoms with Crippen molar-refractivity contribution >= 4 is 25.7 Å². The van der Waals surface area contributed by atoms with Crippen LogP contribution in [0.4, 0.5) is 0 Å². The van der Waals surface area contributed by atoms with E-state index in [1.807, 2.05) is 0 Å². The molecule has 0 fully saturated rings. The Morgan fingerprint density at radius 2 is 1.04 bits per heavy atom. The maximum absolute atomic E-state index is 12.2. The lowest BCUT2D eigenvalue weighted by atomic mass is 10.1. The number of rotatable bonds is 36. The molecule has 0 saturated carbocycles. The van der Waals surface area contributed by atoms with Crippen LogP contribution in [0.5, 0.6) is 0 Å². The fourth-order valence-electron chi connectivity index (χ4n) is 5.13. The SMILES string of the molecule is CCCCCC/C=C\CCCCCCCC(=O)NC(COP(=O)(O)OCC(O)COC(=O)CCCCCCC/C=C\CCCCCC)C(=O)O. The maximum atomic E-state index is 12.2. The molecule has 3 unspecified atom stereocenters. The standard InChI is InChI=1S/C38H70NO10P/c1-3-5-7-9-11-13-15-17-19-21-23-25-27-29-36(41)39-35(38(43)44)33-49-50(45,46)48-32-34(40)31-47-37(42)30-28-26-24-22-20-18-16-14-12-10-8-6-4-2/h13-16,34-35,40H,3-12,17-33H2,1-2H3,(H,39,41)(H,43,44)(H,45,46)/b15-13-,16-14-. The predicted octanol–water partition coefficient (Wildman–Crippen LogP) is 9.11. The molecule has 0 heterocycles. The molecule has 292 valence electrons. The van der Waals surface area contributed by atoms with Crippen LogP contribution in [0.25, 0.3) is 0 Å². The quantitative estimate of drug-likeness (QED) is 0.0211. The van der Waals surface area contributed by atoms with Gasteiger partial charge in [0.15, 0.2) is 6.04 Å². The number of amides is 1. The van der Waals surface area contributed by atoms with Gasteiger partial charge in [-0.05, 0) is 64.2 Å². The molecule has 0 radical (unpaired) electrons. The Morgan fingerprint density at radius 1 is 0.620 bits per heavy atom. The fourth-order valence-corrected chi connectivity index (χ4v) is 5.90. The van der Waals surface area contributed by atoms with Gasteiger partial charge in [-0.15, -0.1) is 0 Å². The zero-order valence-electron chi connectivity index (χ0n) is 31.2. The first-order valence-electron chi connectivity index (χ1n) is 19.4. The summed E-state index contributed by atoms with van der Waals surface area (Å²) in [6.45, 7) is 2.52. The van der Waals surface area contributed by atoms with Crippen LogP contribution in [0.1, 0.15) is 168 Å². The number of allylic oxidation sites excluding steroid dienone is 4. The molecule has 0 aliphatic heterocycles. The van der Waals surface area contributed by atoms with Gasteiger partial charge in [-0.2, -0.15) is 0 Å². The fraction of sp³-hybridized carbons (Fsp3) is 0.816. The summed E-state index contributed by atoms with van der Waals surface area (Å²) in [5.41, 5.74) is 0. The third-order valence-electron chi connectivity index (χ3n) is 8.21. The summed E-state index contributed by atoms with van der Waals surface area (Å²) in [7, 11) is -4.75. The summed E-state index contributed by atoms with van der Waals surface area (Å²) in [4.78, 5) is 45.7. The van der Waals surface area contributed by atoms with Crippen molar-refractivity contribution in [2.24, 2.45) is 0 Å². The van der Waals surface area contributed by atoms with Gasteiger partial charge in [0.1, 0.15) is 12.7 Å². The molecule has 12 heteroatoms. The Bertz CT molecular complexity index is 958. The van der Waals surface area contributed by atoms with Crippen molar-refractivity contribution in [1.82, 2.24) is 5.32 Å². The van der Waals surface area contributed by atoms with Crippen LogP contribution in [0.3, 0.4) is 0 Å². The molecule has 0 aromatic carbocycles. The predicted molar refractivity (Wildman–Crippen MR) is 199 cm³/mol. The molecule has 1 amide bonds. The van der Waals surface area contributed by atoms with Gasteiger partial charge in [-0.25, -0.2) is 9.36 Å². The van der Waals surface area contributed by atoms with Gasteiger partial charge in [0.2, 0.25) is 5.91 Å². The molecular formula is C38H70NO10P. The highest BCUT2D eigenvalue weighted by atomic mass is 31.2. The van der Waals surface area contributed by atoms with E-state index in [-0.39, 0.29) is 12.8 Å². The van der Waals surface area contributed by atoms with Gasteiger partial charge < -0.3 is 25.2 Å². The zero-order chi connectivity index (χ0) is 37.1. The molecule has 50 heavy (non-hydrogen) atoms. The number of hydrogen-bond acceptors (Lipinski definition) is 8. The molecule has 11 nitrogen and oxygen atoms in total. The smallest absolute Gasteiger partial charge is 0.472 e. The molecule has 0 aromatic rings. The van der Waals surface area contributed by atoms with Crippen molar-refractivity contribution in [3.63, 3.8) is 0 Å². The number of hydrogen-bond donors (Lipinski definition) is 4. The minimum Gasteiger partial charge on any atom is -0.480 e. The molecule has 0 rings (SSSR count). The van der Waals surface area contributed by atoms with E-state index in [0.717, 1.165) is 77.0 Å². The van der Waals surface area contributed by atoms with Crippen LogP contribution >= 0.6 is 7.82 Å². The minimum atomic E-state index is -4.75. The lowest BCUT2D eigenvalue weighted by Crippen LogP contribution is -2.43. The highest BCUT2D eigenvalue weighted by Crippen LogP contribution is 2.43. The van der Waals surface area contributed by atoms with Crippen LogP contribution < -0.4 is 5.32 Å². The van der Waals surface area contributed by atoms with Crippen LogP contribution in [-0.4, -0.2) is 64.9 Å². The second-order valence-corrected chi connectivity index (χ2v) is 14.6. The number of carboxylic acid groups (broad SMARTS) is 1. The molecule has 0 spiro atoms. The number of ether oxygens (including phenoxy) is 1. The van der Waals surface area contributed by atoms with E-state index in [0.29, 0.717) is 12.8 Å². The van der Waals surface area contributed by atoms with Crippen LogP contribution in [-0.2, 0) is 32.7 Å². The molecule has 4 N–H and O–H groups in total. The van der Waals surface area contributed by atoms with Gasteiger partial charge in [-0.3, -0.25) is 18.6 Å². The lowest BCUT2D eigenvalue weighted by molar-refractivity contribution is -0.147. The van der Waals surface area contributed by atoms with Gasteiger partial charge in [-0.1, -0.05) is 115 Å². The molecule has 0 aliphatic carbocycles. The molecule has 0 bridgehead atoms. The molecular weight excluding hydrogens is 661 g/mol. The number of phosphoric acid groups is 1. The third kappa shape index (κ3) is 33.1. The number of phosphoric ester groups is 1. The van der Waals surface area contributed by atoms with E-state index in [4.69, 9.17) is 13.8 Å². The van der Waals surface area contributed by atoms with Gasteiger partial charge in [0.25, 0.3) is 0 Å². The Morgan fingerprint density at radius 3 is 1.52 bits per heavy atom. The van der Waals surface area contributed by atoms with Crippen molar-refractivity contribution < 1.29 is 47.8 Å². The van der Waals surface area contributed by atoms with Crippen LogP contribution in [0.15, 0.2) is 24.3 Å². The second kappa shape index (κ2) is 34.1. The monoisotopic (exact) mass is 731 g/mol. The minimum absolute atomic E-state index is 0.136. The largest absolute Gasteiger partial charge is 0.480 e. The zero-order valence-corrected chi connectivity index (χ0v) is 32.1. The Kier molecular flexibility index (Phi) is 32.7. The van der Waals surface area contributed by atoms with Crippen molar-refractivity contribution in [3.05, 3.63) is 24.3 Å². The Hall–Kier alpha value is -2.04. The first-order valence-corrected chi connectivity index (χ1v) is 20.9. The third-order valence-corrected chi connectivity index (χ3v) is 9.16. The van der Waals surface area contributed by atoms with E-state index in [2.05, 4.69) is 43.5 Å². The normalized spacial score (nSPS) is 14.2. The van der Waals surface area contributed by atoms with E-state index in [1.54, 1.807) is 0 Å². The van der Waals surface area contributed by atoms with Crippen LogP contribution in [0.2, 0.25) is 0 Å². The molecule has 0 saturated heterocycles. The number of nitrogens with one attached hydrogen (secondary N) is 1. The number of carbonyl (C=O) groups is 3. The lowest BCUT2D eigenvalue weighted by Gasteiger charge is -2.18. The second-order valence-electron chi connectivity index (χ2n) is 13.1. The maximum Gasteiger partial charge on any atom is 0.472 e. The molecule has 3 atom stereocenters. The molecule has 0 aliphatic rings. The Balaban J connectivity index is 3.98. The average molecular weight is 732 g/mol. The van der Waals surface area contributed by atoms with Crippen molar-refractivity contribution in [3.8, 4) is 0 Å². The first-order chi connectivity index (χ1) is 24.1. The summed E-state index contributed by atoms with van der Waals surface area (Å²) in [6.07, 6.45) is 32.1. The van der Waals surface area contributed by atoms with Crippen LogP contribution in [0, 0.1) is 0 Å². The van der Waals surface area contributed by atoms with Crippen molar-refractivity contribution in [1.29, 1.82) is 0 Å². The average Bonchev–Trinajstić information content (AvgIpc) is 3.08. The number of unbranched alkanes of at least 4 members (excludes halogenated alkanes) is 18. The number of aliphatic carboxylic acids is 1.